The highest BCUT2D eigenvalue weighted by Gasteiger charge is 2.31. The van der Waals surface area contributed by atoms with Gasteiger partial charge < -0.3 is 5.32 Å². The van der Waals surface area contributed by atoms with E-state index in [1.807, 2.05) is 6.07 Å². The molecule has 0 bridgehead atoms. The summed E-state index contributed by atoms with van der Waals surface area (Å²) in [6, 6.07) is 7.12. The second-order valence-electron chi connectivity index (χ2n) is 3.88. The number of carbonyl (C=O) groups is 1. The van der Waals surface area contributed by atoms with Crippen molar-refractivity contribution in [3.63, 3.8) is 0 Å². The smallest absolute Gasteiger partial charge is 0.244 e. The molecule has 0 fully saturated rings. The highest BCUT2D eigenvalue weighted by molar-refractivity contribution is 9.10. The maximum Gasteiger partial charge on any atom is 0.244 e. The molecule has 0 saturated carbocycles. The molecular formula is C12H12BrClN2O. The fourth-order valence-electron chi connectivity index (χ4n) is 1.13. The average molecular weight is 316 g/mol. The first-order chi connectivity index (χ1) is 7.92. The Bertz CT molecular complexity index is 484. The van der Waals surface area contributed by atoms with E-state index in [0.717, 1.165) is 4.47 Å². The van der Waals surface area contributed by atoms with Crippen molar-refractivity contribution in [2.75, 3.05) is 5.32 Å². The molecule has 1 aromatic carbocycles. The van der Waals surface area contributed by atoms with Crippen LogP contribution in [0.1, 0.15) is 20.3 Å². The number of nitrogens with one attached hydrogen (secondary N) is 1. The van der Waals surface area contributed by atoms with E-state index in [0.29, 0.717) is 17.1 Å². The summed E-state index contributed by atoms with van der Waals surface area (Å²) in [5.74, 6) is -0.319. The van der Waals surface area contributed by atoms with E-state index in [1.54, 1.807) is 32.0 Å². The summed E-state index contributed by atoms with van der Waals surface area (Å²) in [4.78, 5) is 11.9. The minimum atomic E-state index is -1.01. The zero-order chi connectivity index (χ0) is 13.1. The number of nitrogens with zero attached hydrogens (tertiary/aromatic N) is 1. The molecule has 0 radical (unpaired) electrons. The summed E-state index contributed by atoms with van der Waals surface area (Å²) in [6.45, 7) is 3.42. The third-order valence-corrected chi connectivity index (χ3v) is 3.86. The number of halogens is 2. The van der Waals surface area contributed by atoms with Crippen molar-refractivity contribution in [1.82, 2.24) is 0 Å². The zero-order valence-electron chi connectivity index (χ0n) is 9.55. The van der Waals surface area contributed by atoms with Crippen molar-refractivity contribution in [3.05, 3.63) is 27.7 Å². The van der Waals surface area contributed by atoms with Gasteiger partial charge in [0.2, 0.25) is 5.91 Å². The van der Waals surface area contributed by atoms with Gasteiger partial charge in [0.25, 0.3) is 0 Å². The molecule has 1 rings (SSSR count). The molecule has 0 aliphatic heterocycles. The maximum absolute atomic E-state index is 11.9. The first-order valence-corrected chi connectivity index (χ1v) is 6.28. The van der Waals surface area contributed by atoms with Gasteiger partial charge in [-0.2, -0.15) is 5.26 Å². The lowest BCUT2D eigenvalue weighted by Gasteiger charge is -2.18. The van der Waals surface area contributed by atoms with Crippen LogP contribution in [-0.4, -0.2) is 5.91 Å². The molecule has 1 N–H and O–H groups in total. The molecule has 0 aromatic heterocycles. The highest BCUT2D eigenvalue weighted by Crippen LogP contribution is 2.27. The zero-order valence-corrected chi connectivity index (χ0v) is 11.9. The molecular weight excluding hydrogens is 304 g/mol. The molecule has 1 unspecified atom stereocenters. The lowest BCUT2D eigenvalue weighted by molar-refractivity contribution is -0.122. The summed E-state index contributed by atoms with van der Waals surface area (Å²) < 4.78 is 0.760. The first-order valence-electron chi connectivity index (χ1n) is 5.10. The van der Waals surface area contributed by atoms with Crippen LogP contribution in [0.15, 0.2) is 22.7 Å². The number of amides is 1. The largest absolute Gasteiger partial charge is 0.325 e. The molecule has 1 amide bonds. The number of anilines is 1. The van der Waals surface area contributed by atoms with Crippen molar-refractivity contribution in [2.45, 2.75) is 20.3 Å². The summed E-state index contributed by atoms with van der Waals surface area (Å²) in [5, 5.41) is 12.2. The molecule has 0 aliphatic carbocycles. The number of rotatable bonds is 3. The van der Waals surface area contributed by atoms with Crippen molar-refractivity contribution < 1.29 is 4.79 Å². The summed E-state index contributed by atoms with van der Waals surface area (Å²) >= 11 is 9.18. The van der Waals surface area contributed by atoms with Gasteiger partial charge in [0.1, 0.15) is 5.41 Å². The molecule has 1 aromatic rings. The molecule has 0 spiro atoms. The quantitative estimate of drug-likeness (QED) is 0.917. The Kier molecular flexibility index (Phi) is 4.55. The first kappa shape index (κ1) is 14.0. The van der Waals surface area contributed by atoms with E-state index in [9.17, 15) is 4.79 Å². The number of nitriles is 1. The summed E-state index contributed by atoms with van der Waals surface area (Å²) in [5.41, 5.74) is -0.433. The Morgan fingerprint density at radius 1 is 1.65 bits per heavy atom. The maximum atomic E-state index is 11.9. The van der Waals surface area contributed by atoms with Crippen molar-refractivity contribution in [3.8, 4) is 6.07 Å². The lowest BCUT2D eigenvalue weighted by Crippen LogP contribution is -2.31. The minimum Gasteiger partial charge on any atom is -0.325 e. The highest BCUT2D eigenvalue weighted by atomic mass is 79.9. The lowest BCUT2D eigenvalue weighted by atomic mass is 9.88. The van der Waals surface area contributed by atoms with Crippen molar-refractivity contribution in [1.29, 1.82) is 5.26 Å². The van der Waals surface area contributed by atoms with E-state index >= 15 is 0 Å². The van der Waals surface area contributed by atoms with Crippen LogP contribution in [0.5, 0.6) is 0 Å². The van der Waals surface area contributed by atoms with E-state index in [-0.39, 0.29) is 5.91 Å². The number of hydrogen-bond acceptors (Lipinski definition) is 2. The second-order valence-corrected chi connectivity index (χ2v) is 5.14. The Morgan fingerprint density at radius 2 is 2.29 bits per heavy atom. The van der Waals surface area contributed by atoms with Crippen LogP contribution in [0, 0.1) is 16.7 Å². The number of carbonyl (C=O) groups excluding carboxylic acids is 1. The van der Waals surface area contributed by atoms with Gasteiger partial charge in [0, 0.05) is 10.2 Å². The molecule has 0 saturated heterocycles. The Labute approximate surface area is 114 Å². The third kappa shape index (κ3) is 3.21. The van der Waals surface area contributed by atoms with Crippen LogP contribution in [0.3, 0.4) is 0 Å². The van der Waals surface area contributed by atoms with Crippen LogP contribution in [0.4, 0.5) is 5.69 Å². The summed E-state index contributed by atoms with van der Waals surface area (Å²) in [7, 11) is 0. The Balaban J connectivity index is 2.89. The normalized spacial score (nSPS) is 13.6. The molecule has 0 heterocycles. The van der Waals surface area contributed by atoms with E-state index in [2.05, 4.69) is 21.2 Å². The van der Waals surface area contributed by atoms with Gasteiger partial charge in [-0.05, 0) is 47.5 Å². The molecule has 90 valence electrons. The van der Waals surface area contributed by atoms with Gasteiger partial charge in [0.15, 0.2) is 0 Å². The van der Waals surface area contributed by atoms with Crippen molar-refractivity contribution >= 4 is 39.1 Å². The number of benzene rings is 1. The van der Waals surface area contributed by atoms with E-state index in [4.69, 9.17) is 16.9 Å². The fraction of sp³-hybridized carbons (Fsp3) is 0.333. The Morgan fingerprint density at radius 3 is 2.76 bits per heavy atom. The predicted molar refractivity (Wildman–Crippen MR) is 71.8 cm³/mol. The van der Waals surface area contributed by atoms with Crippen LogP contribution in [-0.2, 0) is 4.79 Å². The van der Waals surface area contributed by atoms with E-state index < -0.39 is 5.41 Å². The SMILES string of the molecule is CCC(C)(C#N)C(=O)Nc1ccc(Br)c(Cl)c1. The second kappa shape index (κ2) is 5.52. The van der Waals surface area contributed by atoms with Crippen LogP contribution < -0.4 is 5.32 Å². The minimum absolute atomic E-state index is 0.319. The molecule has 17 heavy (non-hydrogen) atoms. The summed E-state index contributed by atoms with van der Waals surface area (Å²) in [6.07, 6.45) is 0.458. The van der Waals surface area contributed by atoms with Gasteiger partial charge in [0.05, 0.1) is 11.1 Å². The van der Waals surface area contributed by atoms with Crippen molar-refractivity contribution in [2.24, 2.45) is 5.41 Å². The van der Waals surface area contributed by atoms with E-state index in [1.165, 1.54) is 0 Å². The topological polar surface area (TPSA) is 52.9 Å². The van der Waals surface area contributed by atoms with Crippen LogP contribution >= 0.6 is 27.5 Å². The van der Waals surface area contributed by atoms with Gasteiger partial charge in [-0.1, -0.05) is 18.5 Å². The number of hydrogen-bond donors (Lipinski definition) is 1. The van der Waals surface area contributed by atoms with Gasteiger partial charge in [-0.25, -0.2) is 0 Å². The van der Waals surface area contributed by atoms with Gasteiger partial charge >= 0.3 is 0 Å². The molecule has 0 aliphatic rings. The third-order valence-electron chi connectivity index (χ3n) is 2.63. The molecule has 3 nitrogen and oxygen atoms in total. The van der Waals surface area contributed by atoms with Crippen LogP contribution in [0.2, 0.25) is 5.02 Å². The monoisotopic (exact) mass is 314 g/mol. The van der Waals surface area contributed by atoms with Gasteiger partial charge in [-0.3, -0.25) is 4.79 Å². The van der Waals surface area contributed by atoms with Gasteiger partial charge in [-0.15, -0.1) is 0 Å². The average Bonchev–Trinajstić information content (AvgIpc) is 2.32. The Hall–Kier alpha value is -1.05. The molecule has 1 atom stereocenters. The standard InChI is InChI=1S/C12H12BrClN2O/c1-3-12(2,7-15)11(17)16-8-4-5-9(13)10(14)6-8/h4-6H,3H2,1-2H3,(H,16,17). The predicted octanol–water partition coefficient (Wildman–Crippen LogP) is 3.98. The molecule has 5 heteroatoms. The van der Waals surface area contributed by atoms with Crippen LogP contribution in [0.25, 0.3) is 0 Å². The fourth-order valence-corrected chi connectivity index (χ4v) is 1.56.